The maximum atomic E-state index is 5.71. The Labute approximate surface area is 89.4 Å². The Morgan fingerprint density at radius 2 is 2.47 bits per heavy atom. The molecule has 0 bridgehead atoms. The Kier molecular flexibility index (Phi) is 3.40. The Balaban J connectivity index is 1.84. The lowest BCUT2D eigenvalue weighted by atomic mass is 10.1. The Bertz CT molecular complexity index is 311. The Hall–Kier alpha value is -1.29. The van der Waals surface area contributed by atoms with Crippen molar-refractivity contribution in [2.24, 2.45) is 0 Å². The third-order valence-electron chi connectivity index (χ3n) is 2.48. The first-order chi connectivity index (χ1) is 7.36. The van der Waals surface area contributed by atoms with Crippen LogP contribution in [-0.4, -0.2) is 24.3 Å². The van der Waals surface area contributed by atoms with Crippen LogP contribution >= 0.6 is 0 Å². The van der Waals surface area contributed by atoms with Crippen LogP contribution in [0.3, 0.4) is 0 Å². The fraction of sp³-hybridized carbons (Fsp3) is 0.545. The lowest BCUT2D eigenvalue weighted by Crippen LogP contribution is -2.26. The van der Waals surface area contributed by atoms with Crippen molar-refractivity contribution in [2.75, 3.05) is 18.9 Å². The van der Waals surface area contributed by atoms with Crippen LogP contribution in [0, 0.1) is 0 Å². The summed E-state index contributed by atoms with van der Waals surface area (Å²) in [6.07, 6.45) is 5.30. The van der Waals surface area contributed by atoms with Crippen molar-refractivity contribution in [2.45, 2.75) is 25.4 Å². The summed E-state index contributed by atoms with van der Waals surface area (Å²) in [6.45, 7) is 1.38. The second-order valence-corrected chi connectivity index (χ2v) is 3.70. The van der Waals surface area contributed by atoms with Gasteiger partial charge in [-0.05, 0) is 31.4 Å². The molecule has 15 heavy (non-hydrogen) atoms. The molecule has 0 spiro atoms. The number of nitrogens with two attached hydrogens (primary N) is 1. The van der Waals surface area contributed by atoms with Crippen molar-refractivity contribution < 1.29 is 9.47 Å². The predicted molar refractivity (Wildman–Crippen MR) is 57.7 cm³/mol. The lowest BCUT2D eigenvalue weighted by molar-refractivity contribution is -0.0117. The zero-order chi connectivity index (χ0) is 10.5. The highest BCUT2D eigenvalue weighted by Gasteiger charge is 2.15. The van der Waals surface area contributed by atoms with Gasteiger partial charge < -0.3 is 15.2 Å². The fourth-order valence-electron chi connectivity index (χ4n) is 1.63. The minimum atomic E-state index is 0.195. The van der Waals surface area contributed by atoms with E-state index in [0.717, 1.165) is 19.4 Å². The molecule has 2 rings (SSSR count). The van der Waals surface area contributed by atoms with Crippen LogP contribution in [0.1, 0.15) is 19.3 Å². The first kappa shape index (κ1) is 10.2. The van der Waals surface area contributed by atoms with E-state index in [9.17, 15) is 0 Å². The molecule has 82 valence electrons. The second kappa shape index (κ2) is 4.98. The maximum absolute atomic E-state index is 5.71. The van der Waals surface area contributed by atoms with E-state index >= 15 is 0 Å². The molecule has 0 aromatic carbocycles. The van der Waals surface area contributed by atoms with E-state index in [0.29, 0.717) is 18.2 Å². The molecule has 1 aromatic rings. The van der Waals surface area contributed by atoms with Crippen molar-refractivity contribution in [3.05, 3.63) is 18.3 Å². The molecule has 1 aliphatic rings. The summed E-state index contributed by atoms with van der Waals surface area (Å²) >= 11 is 0. The number of hydrogen-bond acceptors (Lipinski definition) is 4. The van der Waals surface area contributed by atoms with E-state index in [1.807, 2.05) is 0 Å². The topological polar surface area (TPSA) is 57.4 Å². The van der Waals surface area contributed by atoms with Gasteiger partial charge in [-0.1, -0.05) is 0 Å². The normalized spacial score (nSPS) is 21.2. The van der Waals surface area contributed by atoms with E-state index in [1.54, 1.807) is 18.3 Å². The first-order valence-electron chi connectivity index (χ1n) is 5.31. The summed E-state index contributed by atoms with van der Waals surface area (Å²) in [7, 11) is 0. The van der Waals surface area contributed by atoms with Crippen molar-refractivity contribution in [3.8, 4) is 5.88 Å². The number of nitrogen functional groups attached to an aromatic ring is 1. The van der Waals surface area contributed by atoms with E-state index in [1.165, 1.54) is 6.42 Å². The van der Waals surface area contributed by atoms with Crippen LogP contribution in [0.25, 0.3) is 0 Å². The average Bonchev–Trinajstić information content (AvgIpc) is 2.29. The van der Waals surface area contributed by atoms with Crippen molar-refractivity contribution >= 4 is 5.69 Å². The first-order valence-corrected chi connectivity index (χ1v) is 5.31. The number of ether oxygens (including phenoxy) is 2. The minimum absolute atomic E-state index is 0.195. The number of nitrogens with zero attached hydrogens (tertiary/aromatic N) is 1. The van der Waals surface area contributed by atoms with Crippen LogP contribution in [0.15, 0.2) is 18.3 Å². The molecule has 2 N–H and O–H groups in total. The molecule has 4 nitrogen and oxygen atoms in total. The SMILES string of the molecule is Nc1cccnc1OC[C@H]1CCCCO1. The molecular formula is C11H16N2O2. The van der Waals surface area contributed by atoms with Crippen molar-refractivity contribution in [1.82, 2.24) is 4.98 Å². The molecule has 1 atom stereocenters. The molecule has 0 aliphatic carbocycles. The van der Waals surface area contributed by atoms with Gasteiger partial charge in [0.2, 0.25) is 5.88 Å². The molecule has 1 saturated heterocycles. The van der Waals surface area contributed by atoms with Gasteiger partial charge in [-0.15, -0.1) is 0 Å². The second-order valence-electron chi connectivity index (χ2n) is 3.70. The van der Waals surface area contributed by atoms with Crippen LogP contribution in [0.4, 0.5) is 5.69 Å². The number of pyridine rings is 1. The van der Waals surface area contributed by atoms with E-state index < -0.39 is 0 Å². The molecule has 4 heteroatoms. The molecule has 2 heterocycles. The van der Waals surface area contributed by atoms with Crippen LogP contribution in [-0.2, 0) is 4.74 Å². The van der Waals surface area contributed by atoms with Gasteiger partial charge in [-0.25, -0.2) is 4.98 Å². The molecule has 1 fully saturated rings. The minimum Gasteiger partial charge on any atom is -0.473 e. The summed E-state index contributed by atoms with van der Waals surface area (Å²) in [4.78, 5) is 4.06. The van der Waals surface area contributed by atoms with Gasteiger partial charge in [-0.2, -0.15) is 0 Å². The summed E-state index contributed by atoms with van der Waals surface area (Å²) in [5.74, 6) is 0.506. The molecule has 0 radical (unpaired) electrons. The van der Waals surface area contributed by atoms with Crippen molar-refractivity contribution in [1.29, 1.82) is 0 Å². The van der Waals surface area contributed by atoms with Gasteiger partial charge in [0.25, 0.3) is 0 Å². The van der Waals surface area contributed by atoms with E-state index in [4.69, 9.17) is 15.2 Å². The fourth-order valence-corrected chi connectivity index (χ4v) is 1.63. The number of anilines is 1. The van der Waals surface area contributed by atoms with Gasteiger partial charge >= 0.3 is 0 Å². The van der Waals surface area contributed by atoms with Gasteiger partial charge in [0, 0.05) is 12.8 Å². The zero-order valence-corrected chi connectivity index (χ0v) is 8.69. The quantitative estimate of drug-likeness (QED) is 0.819. The van der Waals surface area contributed by atoms with Gasteiger partial charge in [-0.3, -0.25) is 0 Å². The predicted octanol–water partition coefficient (Wildman–Crippen LogP) is 1.61. The summed E-state index contributed by atoms with van der Waals surface area (Å²) < 4.78 is 11.1. The molecule has 0 amide bonds. The smallest absolute Gasteiger partial charge is 0.237 e. The van der Waals surface area contributed by atoms with Crippen LogP contribution in [0.5, 0.6) is 5.88 Å². The van der Waals surface area contributed by atoms with Gasteiger partial charge in [0.15, 0.2) is 0 Å². The highest BCUT2D eigenvalue weighted by molar-refractivity contribution is 5.46. The monoisotopic (exact) mass is 208 g/mol. The van der Waals surface area contributed by atoms with Gasteiger partial charge in [0.05, 0.1) is 11.8 Å². The highest BCUT2D eigenvalue weighted by Crippen LogP contribution is 2.18. The largest absolute Gasteiger partial charge is 0.473 e. The Morgan fingerprint density at radius 1 is 1.53 bits per heavy atom. The summed E-state index contributed by atoms with van der Waals surface area (Å²) in [6, 6.07) is 3.57. The zero-order valence-electron chi connectivity index (χ0n) is 8.69. The molecule has 0 saturated carbocycles. The number of hydrogen-bond donors (Lipinski definition) is 1. The number of rotatable bonds is 3. The molecule has 0 unspecified atom stereocenters. The van der Waals surface area contributed by atoms with E-state index in [-0.39, 0.29) is 6.10 Å². The molecule has 1 aliphatic heterocycles. The Morgan fingerprint density at radius 3 is 3.20 bits per heavy atom. The standard InChI is InChI=1S/C11H16N2O2/c12-10-5-3-6-13-11(10)15-8-9-4-1-2-7-14-9/h3,5-6,9H,1-2,4,7-8,12H2/t9-/m1/s1. The number of aromatic nitrogens is 1. The van der Waals surface area contributed by atoms with Crippen LogP contribution in [0.2, 0.25) is 0 Å². The third kappa shape index (κ3) is 2.83. The maximum Gasteiger partial charge on any atom is 0.237 e. The average molecular weight is 208 g/mol. The van der Waals surface area contributed by atoms with E-state index in [2.05, 4.69) is 4.98 Å². The summed E-state index contributed by atoms with van der Waals surface area (Å²) in [5, 5.41) is 0. The third-order valence-corrected chi connectivity index (χ3v) is 2.48. The molecular weight excluding hydrogens is 192 g/mol. The van der Waals surface area contributed by atoms with Gasteiger partial charge in [0.1, 0.15) is 6.61 Å². The summed E-state index contributed by atoms with van der Waals surface area (Å²) in [5.41, 5.74) is 6.28. The lowest BCUT2D eigenvalue weighted by Gasteiger charge is -2.22. The molecule has 1 aromatic heterocycles. The highest BCUT2D eigenvalue weighted by atomic mass is 16.5. The van der Waals surface area contributed by atoms with Crippen LogP contribution < -0.4 is 10.5 Å². The van der Waals surface area contributed by atoms with Crippen molar-refractivity contribution in [3.63, 3.8) is 0 Å².